The third-order valence-electron chi connectivity index (χ3n) is 10.6. The van der Waals surface area contributed by atoms with Crippen LogP contribution in [0.4, 0.5) is 5.69 Å². The van der Waals surface area contributed by atoms with Crippen LogP contribution in [0.1, 0.15) is 25.0 Å². The fourth-order valence-electron chi connectivity index (χ4n) is 7.76. The Labute approximate surface area is 310 Å². The topological polar surface area (TPSA) is 50.7 Å². The van der Waals surface area contributed by atoms with Gasteiger partial charge in [-0.1, -0.05) is 166 Å². The van der Waals surface area contributed by atoms with Crippen LogP contribution in [0.25, 0.3) is 78.7 Å². The normalized spacial score (nSPS) is 12.6. The summed E-state index contributed by atoms with van der Waals surface area (Å²) in [5, 5.41) is 3.24. The highest BCUT2D eigenvalue weighted by Crippen LogP contribution is 2.54. The number of rotatable bonds is 7. The zero-order valence-corrected chi connectivity index (χ0v) is 30.0. The van der Waals surface area contributed by atoms with Gasteiger partial charge in [-0.25, -0.2) is 15.0 Å². The molecule has 1 aliphatic rings. The first-order valence-electron chi connectivity index (χ1n) is 18.1. The van der Waals surface area contributed by atoms with Gasteiger partial charge in [-0.15, -0.1) is 0 Å². The van der Waals surface area contributed by atoms with Gasteiger partial charge in [-0.3, -0.25) is 0 Å². The Bertz CT molecular complexity index is 2530. The van der Waals surface area contributed by atoms with Crippen LogP contribution in [-0.4, -0.2) is 22.0 Å². The first-order chi connectivity index (χ1) is 26.0. The van der Waals surface area contributed by atoms with E-state index in [2.05, 4.69) is 128 Å². The molecular formula is C49H38N4. The zero-order chi connectivity index (χ0) is 35.9. The van der Waals surface area contributed by atoms with E-state index in [1.54, 1.807) is 0 Å². The van der Waals surface area contributed by atoms with Gasteiger partial charge in [0.1, 0.15) is 0 Å². The summed E-state index contributed by atoms with van der Waals surface area (Å²) in [6.07, 6.45) is 0. The first kappa shape index (κ1) is 32.3. The Hall–Kier alpha value is -6.65. The number of fused-ring (bicyclic) bond motifs is 3. The number of nitrogens with zero attached hydrogens (tertiary/aromatic N) is 3. The van der Waals surface area contributed by atoms with Crippen LogP contribution >= 0.6 is 0 Å². The van der Waals surface area contributed by atoms with Crippen molar-refractivity contribution < 1.29 is 0 Å². The monoisotopic (exact) mass is 682 g/mol. The number of aromatic nitrogens is 3. The van der Waals surface area contributed by atoms with Crippen molar-refractivity contribution >= 4 is 5.69 Å². The van der Waals surface area contributed by atoms with E-state index in [9.17, 15) is 0 Å². The highest BCUT2D eigenvalue weighted by molar-refractivity contribution is 6.00. The van der Waals surface area contributed by atoms with Crippen LogP contribution in [0.3, 0.4) is 0 Å². The van der Waals surface area contributed by atoms with Crippen molar-refractivity contribution in [3.05, 3.63) is 181 Å². The summed E-state index contributed by atoms with van der Waals surface area (Å²) in [5.41, 5.74) is 16.3. The van der Waals surface area contributed by atoms with Crippen molar-refractivity contribution in [3.63, 3.8) is 0 Å². The van der Waals surface area contributed by atoms with E-state index in [0.717, 1.165) is 27.9 Å². The molecule has 7 aromatic carbocycles. The molecule has 0 spiro atoms. The molecule has 9 rings (SSSR count). The summed E-state index contributed by atoms with van der Waals surface area (Å²) in [6, 6.07) is 60.1. The second-order valence-corrected chi connectivity index (χ2v) is 14.1. The van der Waals surface area contributed by atoms with E-state index < -0.39 is 0 Å². The van der Waals surface area contributed by atoms with Gasteiger partial charge in [0.05, 0.1) is 0 Å². The molecule has 0 aliphatic heterocycles. The molecule has 0 saturated heterocycles. The first-order valence-corrected chi connectivity index (χ1v) is 18.1. The molecule has 0 saturated carbocycles. The Morgan fingerprint density at radius 1 is 0.377 bits per heavy atom. The third-order valence-corrected chi connectivity index (χ3v) is 10.6. The number of benzene rings is 7. The maximum absolute atomic E-state index is 4.98. The van der Waals surface area contributed by atoms with Crippen LogP contribution in [0.15, 0.2) is 170 Å². The van der Waals surface area contributed by atoms with E-state index >= 15 is 0 Å². The molecule has 1 aliphatic carbocycles. The van der Waals surface area contributed by atoms with Gasteiger partial charge < -0.3 is 5.32 Å². The quantitative estimate of drug-likeness (QED) is 0.182. The minimum absolute atomic E-state index is 0.116. The lowest BCUT2D eigenvalue weighted by Gasteiger charge is -2.23. The van der Waals surface area contributed by atoms with Gasteiger partial charge in [-0.2, -0.15) is 0 Å². The molecule has 53 heavy (non-hydrogen) atoms. The summed E-state index contributed by atoms with van der Waals surface area (Å²) in [7, 11) is 1.95. The van der Waals surface area contributed by atoms with E-state index in [1.165, 1.54) is 50.1 Å². The molecule has 0 bridgehead atoms. The van der Waals surface area contributed by atoms with E-state index in [4.69, 9.17) is 15.0 Å². The van der Waals surface area contributed by atoms with Crippen molar-refractivity contribution in [1.29, 1.82) is 0 Å². The summed E-state index contributed by atoms with van der Waals surface area (Å²) in [6.45, 7) is 4.69. The molecular weight excluding hydrogens is 645 g/mol. The largest absolute Gasteiger partial charge is 0.388 e. The Morgan fingerprint density at radius 3 is 1.51 bits per heavy atom. The van der Waals surface area contributed by atoms with Crippen LogP contribution in [-0.2, 0) is 5.41 Å². The molecule has 0 amide bonds. The standard InChI is InChI=1S/C49H38N4/c1-49(2)42-20-11-10-19-41(42)45-43(49)30-29-40(44(45)38-18-12-17-37(31-38)32-25-27-39(50-3)28-26-32)33-21-23-36(24-22-33)48-52-46(34-13-6-4-7-14-34)51-47(53-48)35-15-8-5-9-16-35/h4-31,50H,1-3H3. The molecule has 4 heteroatoms. The highest BCUT2D eigenvalue weighted by Gasteiger charge is 2.37. The van der Waals surface area contributed by atoms with Gasteiger partial charge in [0.15, 0.2) is 17.5 Å². The third kappa shape index (κ3) is 5.79. The molecule has 8 aromatic rings. The predicted octanol–water partition coefficient (Wildman–Crippen LogP) is 12.2. The second kappa shape index (κ2) is 13.2. The molecule has 1 N–H and O–H groups in total. The fraction of sp³-hybridized carbons (Fsp3) is 0.0816. The lowest BCUT2D eigenvalue weighted by atomic mass is 9.80. The molecule has 1 aromatic heterocycles. The smallest absolute Gasteiger partial charge is 0.164 e. The van der Waals surface area contributed by atoms with Crippen LogP contribution in [0.5, 0.6) is 0 Å². The summed E-state index contributed by atoms with van der Waals surface area (Å²) in [4.78, 5) is 14.8. The number of hydrogen-bond donors (Lipinski definition) is 1. The molecule has 0 unspecified atom stereocenters. The summed E-state index contributed by atoms with van der Waals surface area (Å²) < 4.78 is 0. The van der Waals surface area contributed by atoms with Crippen molar-refractivity contribution in [2.75, 3.05) is 12.4 Å². The maximum atomic E-state index is 4.98. The van der Waals surface area contributed by atoms with Crippen LogP contribution in [0, 0.1) is 0 Å². The summed E-state index contributed by atoms with van der Waals surface area (Å²) >= 11 is 0. The van der Waals surface area contributed by atoms with E-state index in [1.807, 2.05) is 67.7 Å². The average molecular weight is 683 g/mol. The van der Waals surface area contributed by atoms with Crippen LogP contribution < -0.4 is 5.32 Å². The average Bonchev–Trinajstić information content (AvgIpc) is 3.47. The molecule has 0 radical (unpaired) electrons. The molecule has 4 nitrogen and oxygen atoms in total. The van der Waals surface area contributed by atoms with Gasteiger partial charge in [0.2, 0.25) is 0 Å². The van der Waals surface area contributed by atoms with Crippen molar-refractivity contribution in [1.82, 2.24) is 15.0 Å². The highest BCUT2D eigenvalue weighted by atomic mass is 15.0. The Kier molecular flexibility index (Phi) is 8.01. The minimum atomic E-state index is -0.116. The van der Waals surface area contributed by atoms with Gasteiger partial charge in [0.25, 0.3) is 0 Å². The van der Waals surface area contributed by atoms with Crippen LogP contribution in [0.2, 0.25) is 0 Å². The number of hydrogen-bond acceptors (Lipinski definition) is 4. The Balaban J connectivity index is 1.20. The number of nitrogens with one attached hydrogen (secondary N) is 1. The molecule has 0 fully saturated rings. The molecule has 1 heterocycles. The predicted molar refractivity (Wildman–Crippen MR) is 220 cm³/mol. The maximum Gasteiger partial charge on any atom is 0.164 e. The lowest BCUT2D eigenvalue weighted by molar-refractivity contribution is 0.660. The van der Waals surface area contributed by atoms with Crippen molar-refractivity contribution in [3.8, 4) is 78.7 Å². The SMILES string of the molecule is CNc1ccc(-c2cccc(-c3c(-c4ccc(-c5nc(-c6ccccc6)nc(-c6ccccc6)n5)cc4)ccc4c3-c3ccccc3C4(C)C)c2)cc1. The van der Waals surface area contributed by atoms with Crippen molar-refractivity contribution in [2.24, 2.45) is 0 Å². The molecule has 0 atom stereocenters. The van der Waals surface area contributed by atoms with Gasteiger partial charge in [-0.05, 0) is 73.8 Å². The lowest BCUT2D eigenvalue weighted by Crippen LogP contribution is -2.14. The van der Waals surface area contributed by atoms with E-state index in [0.29, 0.717) is 17.5 Å². The van der Waals surface area contributed by atoms with Gasteiger partial charge in [0, 0.05) is 34.8 Å². The Morgan fingerprint density at radius 2 is 0.887 bits per heavy atom. The van der Waals surface area contributed by atoms with E-state index in [-0.39, 0.29) is 5.41 Å². The second-order valence-electron chi connectivity index (χ2n) is 14.1. The molecule has 254 valence electrons. The van der Waals surface area contributed by atoms with Crippen molar-refractivity contribution in [2.45, 2.75) is 19.3 Å². The number of anilines is 1. The zero-order valence-electron chi connectivity index (χ0n) is 30.0. The van der Waals surface area contributed by atoms with Gasteiger partial charge >= 0.3 is 0 Å². The summed E-state index contributed by atoms with van der Waals surface area (Å²) in [5.74, 6) is 1.95. The minimum Gasteiger partial charge on any atom is -0.388 e. The fourth-order valence-corrected chi connectivity index (χ4v) is 7.76.